The highest BCUT2D eigenvalue weighted by molar-refractivity contribution is 7.89. The van der Waals surface area contributed by atoms with Gasteiger partial charge in [0.15, 0.2) is 0 Å². The van der Waals surface area contributed by atoms with Crippen molar-refractivity contribution >= 4 is 15.9 Å². The number of piperazine rings is 1. The van der Waals surface area contributed by atoms with Crippen LogP contribution in [0.5, 0.6) is 5.75 Å². The number of nitrogens with one attached hydrogen (secondary N) is 1. The van der Waals surface area contributed by atoms with Crippen molar-refractivity contribution in [2.45, 2.75) is 62.9 Å². The largest absolute Gasteiger partial charge is 0.497 e. The zero-order valence-corrected chi connectivity index (χ0v) is 24.4. The Hall–Kier alpha value is -1.72. The summed E-state index contributed by atoms with van der Waals surface area (Å²) in [7, 11) is 3.65. The van der Waals surface area contributed by atoms with Crippen LogP contribution in [0, 0.1) is 13.8 Å². The van der Waals surface area contributed by atoms with Crippen LogP contribution in [-0.2, 0) is 14.8 Å². The van der Waals surface area contributed by atoms with Crippen LogP contribution in [0.2, 0.25) is 0 Å². The van der Waals surface area contributed by atoms with Crippen molar-refractivity contribution < 1.29 is 17.9 Å². The van der Waals surface area contributed by atoms with Crippen LogP contribution < -0.4 is 10.1 Å². The maximum Gasteiger partial charge on any atom is 0.243 e. The number of amides is 1. The van der Waals surface area contributed by atoms with E-state index in [4.69, 9.17) is 4.74 Å². The van der Waals surface area contributed by atoms with Gasteiger partial charge in [-0.15, -0.1) is 0 Å². The summed E-state index contributed by atoms with van der Waals surface area (Å²) in [5.74, 6) is 0.552. The lowest BCUT2D eigenvalue weighted by Gasteiger charge is -2.42. The molecule has 1 N–H and O–H groups in total. The summed E-state index contributed by atoms with van der Waals surface area (Å²) in [5.41, 5.74) is 1.28. The third-order valence-corrected chi connectivity index (χ3v) is 10.0. The third-order valence-electron chi connectivity index (χ3n) is 7.84. The van der Waals surface area contributed by atoms with Crippen LogP contribution >= 0.6 is 0 Å². The maximum absolute atomic E-state index is 13.2. The number of benzene rings is 1. The first-order valence-electron chi connectivity index (χ1n) is 13.5. The highest BCUT2D eigenvalue weighted by atomic mass is 32.2. The summed E-state index contributed by atoms with van der Waals surface area (Å²) < 4.78 is 32.9. The van der Waals surface area contributed by atoms with Gasteiger partial charge in [-0.05, 0) is 76.9 Å². The molecular formula is C27H47N5O4S. The minimum atomic E-state index is -3.70. The monoisotopic (exact) mass is 537 g/mol. The Morgan fingerprint density at radius 1 is 1.00 bits per heavy atom. The molecule has 0 bridgehead atoms. The summed E-state index contributed by atoms with van der Waals surface area (Å²) in [6, 6.07) is 4.23. The molecular weight excluding hydrogens is 490 g/mol. The molecule has 1 aliphatic carbocycles. The summed E-state index contributed by atoms with van der Waals surface area (Å²) >= 11 is 0. The predicted molar refractivity (Wildman–Crippen MR) is 148 cm³/mol. The Balaban J connectivity index is 1.41. The van der Waals surface area contributed by atoms with Crippen LogP contribution in [0.3, 0.4) is 0 Å². The average molecular weight is 538 g/mol. The van der Waals surface area contributed by atoms with Gasteiger partial charge in [0.05, 0.1) is 12.0 Å². The predicted octanol–water partition coefficient (Wildman–Crippen LogP) is 1.93. The molecule has 9 nitrogen and oxygen atoms in total. The number of rotatable bonds is 11. The van der Waals surface area contributed by atoms with Crippen molar-refractivity contribution in [2.75, 3.05) is 74.1 Å². The molecule has 1 aromatic rings. The Bertz CT molecular complexity index is 977. The average Bonchev–Trinajstić information content (AvgIpc) is 2.86. The van der Waals surface area contributed by atoms with Gasteiger partial charge in [0.25, 0.3) is 0 Å². The smallest absolute Gasteiger partial charge is 0.243 e. The summed E-state index contributed by atoms with van der Waals surface area (Å²) in [5, 5.41) is 3.15. The molecule has 0 aromatic heterocycles. The molecule has 0 spiro atoms. The first-order valence-corrected chi connectivity index (χ1v) is 15.0. The summed E-state index contributed by atoms with van der Waals surface area (Å²) in [6.07, 6.45) is 4.32. The van der Waals surface area contributed by atoms with Gasteiger partial charge >= 0.3 is 0 Å². The van der Waals surface area contributed by atoms with Crippen molar-refractivity contribution in [3.8, 4) is 5.75 Å². The molecule has 3 rings (SSSR count). The fourth-order valence-electron chi connectivity index (χ4n) is 5.55. The lowest BCUT2D eigenvalue weighted by atomic mass is 9.89. The van der Waals surface area contributed by atoms with Crippen molar-refractivity contribution in [1.82, 2.24) is 24.3 Å². The molecule has 2 fully saturated rings. The lowest BCUT2D eigenvalue weighted by molar-refractivity contribution is -0.122. The third kappa shape index (κ3) is 8.13. The van der Waals surface area contributed by atoms with Crippen molar-refractivity contribution in [1.29, 1.82) is 0 Å². The molecule has 0 radical (unpaired) electrons. The number of likely N-dealkylation sites (N-methyl/N-ethyl adjacent to an activating group) is 1. The van der Waals surface area contributed by atoms with Crippen LogP contribution in [0.4, 0.5) is 0 Å². The van der Waals surface area contributed by atoms with Crippen LogP contribution in [0.25, 0.3) is 0 Å². The number of methoxy groups -OCH3 is 1. The normalized spacial score (nSPS) is 21.9. The van der Waals surface area contributed by atoms with E-state index in [1.165, 1.54) is 11.4 Å². The van der Waals surface area contributed by atoms with Gasteiger partial charge in [-0.2, -0.15) is 0 Å². The highest BCUT2D eigenvalue weighted by Gasteiger charge is 2.30. The van der Waals surface area contributed by atoms with Crippen LogP contribution in [0.15, 0.2) is 17.0 Å². The fraction of sp³-hybridized carbons (Fsp3) is 0.741. The number of carbonyl (C=O) groups excluding carboxylic acids is 1. The Labute approximate surface area is 224 Å². The highest BCUT2D eigenvalue weighted by Crippen LogP contribution is 2.28. The number of aryl methyl sites for hydroxylation is 2. The van der Waals surface area contributed by atoms with Crippen molar-refractivity contribution in [2.24, 2.45) is 0 Å². The lowest BCUT2D eigenvalue weighted by Crippen LogP contribution is -2.53. The molecule has 1 aromatic carbocycles. The Morgan fingerprint density at radius 2 is 1.59 bits per heavy atom. The van der Waals surface area contributed by atoms with E-state index in [2.05, 4.69) is 34.1 Å². The number of ether oxygens (including phenoxy) is 1. The number of hydrogen-bond acceptors (Lipinski definition) is 7. The molecule has 1 amide bonds. The molecule has 1 saturated carbocycles. The quantitative estimate of drug-likeness (QED) is 0.462. The van der Waals surface area contributed by atoms with Crippen molar-refractivity contribution in [3.05, 3.63) is 23.3 Å². The van der Waals surface area contributed by atoms with Gasteiger partial charge in [-0.1, -0.05) is 0 Å². The summed E-state index contributed by atoms with van der Waals surface area (Å²) in [6.45, 7) is 10.4. The molecule has 2 aliphatic rings. The minimum Gasteiger partial charge on any atom is -0.497 e. The minimum absolute atomic E-state index is 0.0804. The van der Waals surface area contributed by atoms with Gasteiger partial charge < -0.3 is 15.0 Å². The Morgan fingerprint density at radius 3 is 2.14 bits per heavy atom. The first kappa shape index (κ1) is 29.8. The van der Waals surface area contributed by atoms with E-state index in [1.54, 1.807) is 33.1 Å². The molecule has 10 heteroatoms. The second-order valence-corrected chi connectivity index (χ2v) is 12.9. The molecule has 0 atom stereocenters. The molecule has 0 unspecified atom stereocenters. The van der Waals surface area contributed by atoms with E-state index >= 15 is 0 Å². The number of sulfonamides is 1. The second kappa shape index (κ2) is 13.4. The molecule has 37 heavy (non-hydrogen) atoms. The van der Waals surface area contributed by atoms with Gasteiger partial charge in [0.1, 0.15) is 5.75 Å². The molecule has 1 saturated heterocycles. The molecule has 210 valence electrons. The number of carbonyl (C=O) groups is 1. The van der Waals surface area contributed by atoms with E-state index in [0.717, 1.165) is 65.0 Å². The van der Waals surface area contributed by atoms with E-state index in [9.17, 15) is 13.2 Å². The van der Waals surface area contributed by atoms with Crippen LogP contribution in [-0.4, -0.2) is 119 Å². The van der Waals surface area contributed by atoms with Gasteiger partial charge in [0, 0.05) is 71.4 Å². The fourth-order valence-corrected chi connectivity index (χ4v) is 7.12. The number of hydrogen-bond donors (Lipinski definition) is 1. The summed E-state index contributed by atoms with van der Waals surface area (Å²) in [4.78, 5) is 20.4. The maximum atomic E-state index is 13.2. The van der Waals surface area contributed by atoms with Gasteiger partial charge in [0.2, 0.25) is 15.9 Å². The zero-order chi connectivity index (χ0) is 27.2. The SMILES string of the molecule is COc1cc(C)c(S(=O)(=O)N(C)CCC(=O)NC2CCC(N3CCN(CCN(C)C)CC3)CC2)c(C)c1. The van der Waals surface area contributed by atoms with E-state index in [0.29, 0.717) is 22.9 Å². The second-order valence-electron chi connectivity index (χ2n) is 10.9. The topological polar surface area (TPSA) is 85.4 Å². The Kier molecular flexibility index (Phi) is 10.8. The van der Waals surface area contributed by atoms with E-state index in [-0.39, 0.29) is 29.8 Å². The van der Waals surface area contributed by atoms with Gasteiger partial charge in [-0.25, -0.2) is 12.7 Å². The number of nitrogens with zero attached hydrogens (tertiary/aromatic N) is 4. The van der Waals surface area contributed by atoms with Crippen molar-refractivity contribution in [3.63, 3.8) is 0 Å². The molecule has 1 heterocycles. The zero-order valence-electron chi connectivity index (χ0n) is 23.6. The van der Waals surface area contributed by atoms with E-state index in [1.807, 2.05) is 0 Å². The standard InChI is InChI=1S/C27H47N5O4S/c1-21-19-25(36-6)20-22(2)27(21)37(34,35)30(5)12-11-26(33)28-23-7-9-24(10-8-23)32-17-15-31(16-18-32)14-13-29(3)4/h19-20,23-24H,7-18H2,1-6H3,(H,28,33). The first-order chi connectivity index (χ1) is 17.5. The molecule has 1 aliphatic heterocycles. The van der Waals surface area contributed by atoms with E-state index < -0.39 is 10.0 Å². The van der Waals surface area contributed by atoms with Crippen LogP contribution in [0.1, 0.15) is 43.2 Å². The van der Waals surface area contributed by atoms with Gasteiger partial charge in [-0.3, -0.25) is 14.6 Å².